The summed E-state index contributed by atoms with van der Waals surface area (Å²) < 4.78 is 1.98. The Bertz CT molecular complexity index is 656. The van der Waals surface area contributed by atoms with E-state index in [4.69, 9.17) is 5.73 Å². The lowest BCUT2D eigenvalue weighted by Crippen LogP contribution is -2.35. The number of anilines is 1. The maximum atomic E-state index is 12.3. The first-order valence-electron chi connectivity index (χ1n) is 7.72. The molecular formula is C16H22N4O. The Morgan fingerprint density at radius 2 is 2.19 bits per heavy atom. The number of nitrogen functional groups attached to an aromatic ring is 1. The van der Waals surface area contributed by atoms with Gasteiger partial charge in [0.15, 0.2) is 0 Å². The molecule has 21 heavy (non-hydrogen) atoms. The van der Waals surface area contributed by atoms with E-state index >= 15 is 0 Å². The third-order valence-corrected chi connectivity index (χ3v) is 4.23. The Balaban J connectivity index is 1.85. The maximum absolute atomic E-state index is 12.3. The highest BCUT2D eigenvalue weighted by atomic mass is 16.2. The fourth-order valence-corrected chi connectivity index (χ4v) is 3.15. The molecular weight excluding hydrogens is 264 g/mol. The van der Waals surface area contributed by atoms with Gasteiger partial charge in [0.1, 0.15) is 17.9 Å². The van der Waals surface area contributed by atoms with E-state index in [1.165, 1.54) is 12.8 Å². The van der Waals surface area contributed by atoms with E-state index < -0.39 is 0 Å². The summed E-state index contributed by atoms with van der Waals surface area (Å²) in [6, 6.07) is 6.07. The van der Waals surface area contributed by atoms with Crippen molar-refractivity contribution in [1.82, 2.24) is 14.9 Å². The predicted octanol–water partition coefficient (Wildman–Crippen LogP) is 2.24. The fourth-order valence-electron chi connectivity index (χ4n) is 3.15. The first-order chi connectivity index (χ1) is 10.2. The normalized spacial score (nSPS) is 15.7. The molecule has 1 aromatic carbocycles. The molecule has 1 aliphatic carbocycles. The lowest BCUT2D eigenvalue weighted by atomic mass is 10.2. The van der Waals surface area contributed by atoms with Crippen LogP contribution < -0.4 is 11.1 Å². The Kier molecular flexibility index (Phi) is 3.82. The highest BCUT2D eigenvalue weighted by molar-refractivity contribution is 5.89. The molecule has 1 amide bonds. The standard InChI is InChI=1S/C16H22N4O/c1-2-14-19-16-12(17)8-5-9-13(16)20(14)10-15(21)18-11-6-3-4-7-11/h5,8-9,11H,2-4,6-7,10,17H2,1H3,(H,18,21). The number of imidazole rings is 1. The second kappa shape index (κ2) is 5.76. The van der Waals surface area contributed by atoms with Crippen LogP contribution in [0.3, 0.4) is 0 Å². The molecule has 0 saturated heterocycles. The molecule has 1 saturated carbocycles. The molecule has 5 nitrogen and oxygen atoms in total. The largest absolute Gasteiger partial charge is 0.397 e. The molecule has 0 atom stereocenters. The molecule has 0 spiro atoms. The van der Waals surface area contributed by atoms with Crippen LogP contribution in [0.2, 0.25) is 0 Å². The molecule has 5 heteroatoms. The van der Waals surface area contributed by atoms with Crippen LogP contribution in [0.4, 0.5) is 5.69 Å². The van der Waals surface area contributed by atoms with Crippen LogP contribution in [0.25, 0.3) is 11.0 Å². The summed E-state index contributed by atoms with van der Waals surface area (Å²) in [4.78, 5) is 16.8. The number of nitrogens with zero attached hydrogens (tertiary/aromatic N) is 2. The zero-order chi connectivity index (χ0) is 14.8. The van der Waals surface area contributed by atoms with Crippen molar-refractivity contribution in [3.63, 3.8) is 0 Å². The SMILES string of the molecule is CCc1nc2c(N)cccc2n1CC(=O)NC1CCCC1. The number of hydrogen-bond acceptors (Lipinski definition) is 3. The van der Waals surface area contributed by atoms with E-state index in [-0.39, 0.29) is 5.91 Å². The van der Waals surface area contributed by atoms with Crippen molar-refractivity contribution in [2.45, 2.75) is 51.6 Å². The lowest BCUT2D eigenvalue weighted by molar-refractivity contribution is -0.122. The smallest absolute Gasteiger partial charge is 0.240 e. The van der Waals surface area contributed by atoms with Crippen LogP contribution in [0.5, 0.6) is 0 Å². The summed E-state index contributed by atoms with van der Waals surface area (Å²) in [6.07, 6.45) is 5.42. The molecule has 1 aromatic heterocycles. The van der Waals surface area contributed by atoms with Gasteiger partial charge >= 0.3 is 0 Å². The molecule has 1 fully saturated rings. The third-order valence-electron chi connectivity index (χ3n) is 4.23. The minimum atomic E-state index is 0.0679. The predicted molar refractivity (Wildman–Crippen MR) is 83.9 cm³/mol. The number of rotatable bonds is 4. The molecule has 1 heterocycles. The molecule has 0 radical (unpaired) electrons. The number of carbonyl (C=O) groups is 1. The lowest BCUT2D eigenvalue weighted by Gasteiger charge is -2.13. The van der Waals surface area contributed by atoms with Crippen molar-refractivity contribution in [3.05, 3.63) is 24.0 Å². The molecule has 0 bridgehead atoms. The van der Waals surface area contributed by atoms with Crippen LogP contribution in [0.15, 0.2) is 18.2 Å². The van der Waals surface area contributed by atoms with Gasteiger partial charge in [-0.05, 0) is 25.0 Å². The van der Waals surface area contributed by atoms with Crippen molar-refractivity contribution < 1.29 is 4.79 Å². The highest BCUT2D eigenvalue weighted by Gasteiger charge is 2.19. The van der Waals surface area contributed by atoms with Gasteiger partial charge in [0.2, 0.25) is 5.91 Å². The van der Waals surface area contributed by atoms with Gasteiger partial charge in [-0.1, -0.05) is 25.8 Å². The Hall–Kier alpha value is -2.04. The van der Waals surface area contributed by atoms with E-state index in [2.05, 4.69) is 10.3 Å². The monoisotopic (exact) mass is 286 g/mol. The average Bonchev–Trinajstić information content (AvgIpc) is 3.08. The molecule has 112 valence electrons. The summed E-state index contributed by atoms with van der Waals surface area (Å²) in [6.45, 7) is 2.36. The zero-order valence-electron chi connectivity index (χ0n) is 12.4. The van der Waals surface area contributed by atoms with Crippen LogP contribution in [0, 0.1) is 0 Å². The first-order valence-corrected chi connectivity index (χ1v) is 7.72. The number of aromatic nitrogens is 2. The van der Waals surface area contributed by atoms with Gasteiger partial charge in [0.05, 0.1) is 11.2 Å². The molecule has 1 aliphatic rings. The summed E-state index contributed by atoms with van der Waals surface area (Å²) >= 11 is 0. The molecule has 3 rings (SSSR count). The Morgan fingerprint density at radius 3 is 2.90 bits per heavy atom. The van der Waals surface area contributed by atoms with Crippen molar-refractivity contribution in [3.8, 4) is 0 Å². The number of nitrogens with two attached hydrogens (primary N) is 1. The van der Waals surface area contributed by atoms with Crippen molar-refractivity contribution in [2.24, 2.45) is 0 Å². The van der Waals surface area contributed by atoms with Gasteiger partial charge in [0.25, 0.3) is 0 Å². The van der Waals surface area contributed by atoms with Crippen LogP contribution in [-0.2, 0) is 17.8 Å². The second-order valence-electron chi connectivity index (χ2n) is 5.73. The molecule has 0 aliphatic heterocycles. The van der Waals surface area contributed by atoms with Crippen molar-refractivity contribution in [1.29, 1.82) is 0 Å². The summed E-state index contributed by atoms with van der Waals surface area (Å²) in [5, 5.41) is 3.13. The highest BCUT2D eigenvalue weighted by Crippen LogP contribution is 2.22. The molecule has 0 unspecified atom stereocenters. The summed E-state index contributed by atoms with van der Waals surface area (Å²) in [7, 11) is 0. The number of nitrogens with one attached hydrogen (secondary N) is 1. The number of carbonyl (C=O) groups excluding carboxylic acids is 1. The van der Waals surface area contributed by atoms with E-state index in [1.807, 2.05) is 29.7 Å². The minimum absolute atomic E-state index is 0.0679. The summed E-state index contributed by atoms with van der Waals surface area (Å²) in [5.41, 5.74) is 8.38. The zero-order valence-corrected chi connectivity index (χ0v) is 12.4. The Labute approximate surface area is 124 Å². The number of para-hydroxylation sites is 1. The number of amides is 1. The van der Waals surface area contributed by atoms with Crippen LogP contribution >= 0.6 is 0 Å². The van der Waals surface area contributed by atoms with Gasteiger partial charge in [-0.15, -0.1) is 0 Å². The van der Waals surface area contributed by atoms with E-state index in [0.29, 0.717) is 18.3 Å². The number of aryl methyl sites for hydroxylation is 1. The van der Waals surface area contributed by atoms with Gasteiger partial charge < -0.3 is 15.6 Å². The van der Waals surface area contributed by atoms with Gasteiger partial charge in [-0.25, -0.2) is 4.98 Å². The topological polar surface area (TPSA) is 72.9 Å². The third kappa shape index (κ3) is 2.73. The van der Waals surface area contributed by atoms with Crippen LogP contribution in [0.1, 0.15) is 38.4 Å². The Morgan fingerprint density at radius 1 is 1.43 bits per heavy atom. The fraction of sp³-hybridized carbons (Fsp3) is 0.500. The maximum Gasteiger partial charge on any atom is 0.240 e. The van der Waals surface area contributed by atoms with Crippen molar-refractivity contribution in [2.75, 3.05) is 5.73 Å². The van der Waals surface area contributed by atoms with Gasteiger partial charge in [-0.3, -0.25) is 4.79 Å². The van der Waals surface area contributed by atoms with E-state index in [1.54, 1.807) is 0 Å². The van der Waals surface area contributed by atoms with Crippen LogP contribution in [-0.4, -0.2) is 21.5 Å². The number of benzene rings is 1. The first kappa shape index (κ1) is 13.9. The number of hydrogen-bond donors (Lipinski definition) is 2. The summed E-state index contributed by atoms with van der Waals surface area (Å²) in [5.74, 6) is 0.975. The minimum Gasteiger partial charge on any atom is -0.397 e. The quantitative estimate of drug-likeness (QED) is 0.847. The van der Waals surface area contributed by atoms with Crippen molar-refractivity contribution >= 4 is 22.6 Å². The molecule has 3 N–H and O–H groups in total. The van der Waals surface area contributed by atoms with Gasteiger partial charge in [0, 0.05) is 12.5 Å². The van der Waals surface area contributed by atoms with Gasteiger partial charge in [-0.2, -0.15) is 0 Å². The molecule has 2 aromatic rings. The van der Waals surface area contributed by atoms with E-state index in [0.717, 1.165) is 36.1 Å². The average molecular weight is 286 g/mol. The van der Waals surface area contributed by atoms with E-state index in [9.17, 15) is 4.79 Å². The second-order valence-corrected chi connectivity index (χ2v) is 5.73. The number of fused-ring (bicyclic) bond motifs is 1.